The highest BCUT2D eigenvalue weighted by Gasteiger charge is 2.15. The van der Waals surface area contributed by atoms with Gasteiger partial charge >= 0.3 is 5.97 Å². The molecule has 0 aliphatic heterocycles. The van der Waals surface area contributed by atoms with Crippen molar-refractivity contribution < 1.29 is 9.90 Å². The van der Waals surface area contributed by atoms with Crippen molar-refractivity contribution in [3.05, 3.63) is 59.7 Å². The highest BCUT2D eigenvalue weighted by molar-refractivity contribution is 5.71. The van der Waals surface area contributed by atoms with Crippen LogP contribution < -0.4 is 0 Å². The van der Waals surface area contributed by atoms with Crippen molar-refractivity contribution in [3.63, 3.8) is 0 Å². The third-order valence-corrected chi connectivity index (χ3v) is 3.90. The Hall–Kier alpha value is -2.13. The molecular weight excluding hydrogens is 274 g/mol. The molecule has 0 aliphatic rings. The van der Waals surface area contributed by atoms with Crippen LogP contribution in [0.2, 0.25) is 0 Å². The molecule has 3 nitrogen and oxygen atoms in total. The van der Waals surface area contributed by atoms with Crippen LogP contribution in [-0.4, -0.2) is 29.6 Å². The Balaban J connectivity index is 2.22. The molecule has 0 amide bonds. The van der Waals surface area contributed by atoms with E-state index in [1.165, 1.54) is 22.3 Å². The molecule has 116 valence electrons. The third-order valence-electron chi connectivity index (χ3n) is 3.90. The van der Waals surface area contributed by atoms with Crippen molar-refractivity contribution in [1.29, 1.82) is 0 Å². The van der Waals surface area contributed by atoms with E-state index in [0.717, 1.165) is 6.54 Å². The van der Waals surface area contributed by atoms with Crippen LogP contribution in [0, 0.1) is 12.8 Å². The number of carbonyl (C=O) groups is 1. The molecule has 3 heteroatoms. The zero-order chi connectivity index (χ0) is 16.1. The lowest BCUT2D eigenvalue weighted by molar-refractivity contribution is -0.141. The lowest BCUT2D eigenvalue weighted by Gasteiger charge is -2.21. The third kappa shape index (κ3) is 3.95. The maximum Gasteiger partial charge on any atom is 0.307 e. The summed E-state index contributed by atoms with van der Waals surface area (Å²) in [5, 5.41) is 9.04. The van der Waals surface area contributed by atoms with Crippen molar-refractivity contribution >= 4 is 5.97 Å². The Kier molecular flexibility index (Phi) is 5.34. The zero-order valence-corrected chi connectivity index (χ0v) is 13.4. The molecule has 0 aromatic heterocycles. The van der Waals surface area contributed by atoms with E-state index in [1.54, 1.807) is 6.92 Å². The van der Waals surface area contributed by atoms with Gasteiger partial charge in [0, 0.05) is 13.1 Å². The molecule has 0 aliphatic carbocycles. The second-order valence-electron chi connectivity index (χ2n) is 5.91. The first-order valence-electron chi connectivity index (χ1n) is 7.54. The summed E-state index contributed by atoms with van der Waals surface area (Å²) in [5.74, 6) is -1.12. The molecule has 0 bridgehead atoms. The van der Waals surface area contributed by atoms with Gasteiger partial charge in [-0.25, -0.2) is 0 Å². The maximum absolute atomic E-state index is 11.0. The lowest BCUT2D eigenvalue weighted by Crippen LogP contribution is -2.28. The summed E-state index contributed by atoms with van der Waals surface area (Å²) in [6.45, 7) is 5.13. The number of hydrogen-bond donors (Lipinski definition) is 1. The molecule has 0 radical (unpaired) electrons. The predicted octanol–water partition coefficient (Wildman–Crippen LogP) is 3.81. The summed E-state index contributed by atoms with van der Waals surface area (Å²) < 4.78 is 0. The highest BCUT2D eigenvalue weighted by Crippen LogP contribution is 2.27. The first kappa shape index (κ1) is 16.2. The highest BCUT2D eigenvalue weighted by atomic mass is 16.4. The number of hydrogen-bond acceptors (Lipinski definition) is 2. The van der Waals surface area contributed by atoms with Crippen molar-refractivity contribution in [2.45, 2.75) is 20.4 Å². The Morgan fingerprint density at radius 2 is 1.68 bits per heavy atom. The Bertz CT molecular complexity index is 651. The minimum atomic E-state index is -0.751. The Labute approximate surface area is 132 Å². The molecule has 1 atom stereocenters. The van der Waals surface area contributed by atoms with Gasteiger partial charge in [-0.15, -0.1) is 0 Å². The van der Waals surface area contributed by atoms with E-state index in [0.29, 0.717) is 6.54 Å². The Morgan fingerprint density at radius 3 is 2.32 bits per heavy atom. The van der Waals surface area contributed by atoms with Gasteiger partial charge in [0.2, 0.25) is 0 Å². The van der Waals surface area contributed by atoms with E-state index < -0.39 is 5.97 Å². The largest absolute Gasteiger partial charge is 0.481 e. The van der Waals surface area contributed by atoms with Gasteiger partial charge in [-0.2, -0.15) is 0 Å². The molecular formula is C19H23NO2. The fraction of sp³-hybridized carbons (Fsp3) is 0.316. The molecule has 0 saturated heterocycles. The van der Waals surface area contributed by atoms with Crippen LogP contribution in [0.25, 0.3) is 11.1 Å². The van der Waals surface area contributed by atoms with Gasteiger partial charge in [-0.3, -0.25) is 4.79 Å². The normalized spacial score (nSPS) is 12.4. The van der Waals surface area contributed by atoms with E-state index in [1.807, 2.05) is 25.2 Å². The first-order chi connectivity index (χ1) is 10.5. The van der Waals surface area contributed by atoms with Gasteiger partial charge in [0.15, 0.2) is 0 Å². The number of aliphatic carboxylic acids is 1. The SMILES string of the molecule is Cc1ccccc1-c1ccccc1CN(C)CC(C)C(=O)O. The fourth-order valence-corrected chi connectivity index (χ4v) is 2.70. The van der Waals surface area contributed by atoms with Gasteiger partial charge in [-0.1, -0.05) is 55.5 Å². The smallest absolute Gasteiger partial charge is 0.307 e. The summed E-state index contributed by atoms with van der Waals surface area (Å²) >= 11 is 0. The summed E-state index contributed by atoms with van der Waals surface area (Å²) in [7, 11) is 1.97. The molecule has 2 rings (SSSR count). The number of nitrogens with zero attached hydrogens (tertiary/aromatic N) is 1. The monoisotopic (exact) mass is 297 g/mol. The quantitative estimate of drug-likeness (QED) is 0.881. The minimum Gasteiger partial charge on any atom is -0.481 e. The van der Waals surface area contributed by atoms with E-state index >= 15 is 0 Å². The molecule has 2 aromatic rings. The van der Waals surface area contributed by atoms with Gasteiger partial charge in [-0.05, 0) is 36.2 Å². The van der Waals surface area contributed by atoms with Crippen LogP contribution in [-0.2, 0) is 11.3 Å². The van der Waals surface area contributed by atoms with Gasteiger partial charge in [0.25, 0.3) is 0 Å². The van der Waals surface area contributed by atoms with Crippen molar-refractivity contribution in [2.75, 3.05) is 13.6 Å². The summed E-state index contributed by atoms with van der Waals surface area (Å²) in [6, 6.07) is 16.7. The maximum atomic E-state index is 11.0. The molecule has 1 N–H and O–H groups in total. The van der Waals surface area contributed by atoms with Crippen molar-refractivity contribution in [1.82, 2.24) is 4.90 Å². The van der Waals surface area contributed by atoms with E-state index in [2.05, 4.69) is 42.2 Å². The molecule has 0 spiro atoms. The molecule has 0 saturated carbocycles. The van der Waals surface area contributed by atoms with Gasteiger partial charge in [0.1, 0.15) is 0 Å². The number of carboxylic acid groups (broad SMARTS) is 1. The average molecular weight is 297 g/mol. The molecule has 0 fully saturated rings. The lowest BCUT2D eigenvalue weighted by atomic mass is 9.96. The van der Waals surface area contributed by atoms with E-state index in [4.69, 9.17) is 5.11 Å². The van der Waals surface area contributed by atoms with Crippen molar-refractivity contribution in [2.24, 2.45) is 5.92 Å². The molecule has 1 unspecified atom stereocenters. The average Bonchev–Trinajstić information content (AvgIpc) is 2.48. The fourth-order valence-electron chi connectivity index (χ4n) is 2.70. The van der Waals surface area contributed by atoms with E-state index in [9.17, 15) is 4.79 Å². The summed E-state index contributed by atoms with van der Waals surface area (Å²) in [4.78, 5) is 13.1. The molecule has 22 heavy (non-hydrogen) atoms. The van der Waals surface area contributed by atoms with Gasteiger partial charge < -0.3 is 10.0 Å². The second-order valence-corrected chi connectivity index (χ2v) is 5.91. The Morgan fingerprint density at radius 1 is 1.09 bits per heavy atom. The number of benzene rings is 2. The van der Waals surface area contributed by atoms with Crippen LogP contribution in [0.1, 0.15) is 18.1 Å². The summed E-state index contributed by atoms with van der Waals surface area (Å²) in [5.41, 5.74) is 4.92. The number of carboxylic acids is 1. The van der Waals surface area contributed by atoms with Crippen LogP contribution in [0.3, 0.4) is 0 Å². The minimum absolute atomic E-state index is 0.365. The first-order valence-corrected chi connectivity index (χ1v) is 7.54. The van der Waals surface area contributed by atoms with Crippen LogP contribution in [0.5, 0.6) is 0 Å². The second kappa shape index (κ2) is 7.23. The predicted molar refractivity (Wildman–Crippen MR) is 89.7 cm³/mol. The number of aryl methyl sites for hydroxylation is 1. The summed E-state index contributed by atoms with van der Waals surface area (Å²) in [6.07, 6.45) is 0. The van der Waals surface area contributed by atoms with Crippen LogP contribution in [0.15, 0.2) is 48.5 Å². The molecule has 0 heterocycles. The van der Waals surface area contributed by atoms with E-state index in [-0.39, 0.29) is 5.92 Å². The topological polar surface area (TPSA) is 40.5 Å². The standard InChI is InChI=1S/C19H23NO2/c1-14-8-4-6-10-17(14)18-11-7-5-9-16(18)13-20(3)12-15(2)19(21)22/h4-11,15H,12-13H2,1-3H3,(H,21,22). The molecule has 2 aromatic carbocycles. The number of rotatable bonds is 6. The van der Waals surface area contributed by atoms with Crippen molar-refractivity contribution in [3.8, 4) is 11.1 Å². The zero-order valence-electron chi connectivity index (χ0n) is 13.4. The van der Waals surface area contributed by atoms with Crippen LogP contribution >= 0.6 is 0 Å². The van der Waals surface area contributed by atoms with Gasteiger partial charge in [0.05, 0.1) is 5.92 Å². The van der Waals surface area contributed by atoms with Crippen LogP contribution in [0.4, 0.5) is 0 Å².